The van der Waals surface area contributed by atoms with Gasteiger partial charge < -0.3 is 21.5 Å². The number of nitrogens with two attached hydrogens (primary N) is 1. The molecule has 0 bridgehead atoms. The van der Waals surface area contributed by atoms with Crippen LogP contribution in [-0.2, 0) is 17.5 Å². The molecule has 1 aromatic carbocycles. The van der Waals surface area contributed by atoms with Crippen molar-refractivity contribution in [2.24, 2.45) is 5.73 Å². The number of carboxylic acid groups (broad SMARTS) is 1. The SMILES string of the molecule is NC(CCNC(=O)NCc1ccc(C(F)(F)F)cc1)C(=O)O. The molecule has 5 N–H and O–H groups in total. The molecule has 1 aromatic rings. The highest BCUT2D eigenvalue weighted by Crippen LogP contribution is 2.28. The Labute approximate surface area is 124 Å². The maximum atomic E-state index is 12.4. The Morgan fingerprint density at radius 1 is 1.18 bits per heavy atom. The van der Waals surface area contributed by atoms with E-state index in [1.807, 2.05) is 0 Å². The van der Waals surface area contributed by atoms with E-state index in [9.17, 15) is 22.8 Å². The zero-order chi connectivity index (χ0) is 16.8. The average Bonchev–Trinajstić information content (AvgIpc) is 2.44. The number of urea groups is 1. The van der Waals surface area contributed by atoms with E-state index in [2.05, 4.69) is 10.6 Å². The Hall–Kier alpha value is -2.29. The molecular formula is C13H16F3N3O3. The number of halogens is 3. The smallest absolute Gasteiger partial charge is 0.416 e. The summed E-state index contributed by atoms with van der Waals surface area (Å²) in [4.78, 5) is 21.9. The molecular weight excluding hydrogens is 303 g/mol. The van der Waals surface area contributed by atoms with E-state index in [1.54, 1.807) is 0 Å². The molecule has 0 aromatic heterocycles. The van der Waals surface area contributed by atoms with Crippen LogP contribution in [0.4, 0.5) is 18.0 Å². The van der Waals surface area contributed by atoms with Gasteiger partial charge in [-0.15, -0.1) is 0 Å². The zero-order valence-electron chi connectivity index (χ0n) is 11.5. The second kappa shape index (κ2) is 7.64. The fourth-order valence-electron chi connectivity index (χ4n) is 1.52. The molecule has 0 aliphatic rings. The summed E-state index contributed by atoms with van der Waals surface area (Å²) in [5, 5.41) is 13.4. The van der Waals surface area contributed by atoms with Crippen molar-refractivity contribution in [3.63, 3.8) is 0 Å². The first-order valence-electron chi connectivity index (χ1n) is 6.36. The summed E-state index contributed by atoms with van der Waals surface area (Å²) in [5.74, 6) is -1.16. The molecule has 9 heteroatoms. The Bertz CT molecular complexity index is 518. The topological polar surface area (TPSA) is 104 Å². The monoisotopic (exact) mass is 319 g/mol. The van der Waals surface area contributed by atoms with Gasteiger partial charge in [0, 0.05) is 13.1 Å². The van der Waals surface area contributed by atoms with Gasteiger partial charge in [-0.05, 0) is 24.1 Å². The van der Waals surface area contributed by atoms with Crippen LogP contribution in [-0.4, -0.2) is 29.7 Å². The van der Waals surface area contributed by atoms with Crippen LogP contribution >= 0.6 is 0 Å². The van der Waals surface area contributed by atoms with E-state index in [1.165, 1.54) is 12.1 Å². The lowest BCUT2D eigenvalue weighted by molar-refractivity contribution is -0.139. The molecule has 2 amide bonds. The van der Waals surface area contributed by atoms with Crippen LogP contribution in [0.5, 0.6) is 0 Å². The summed E-state index contributed by atoms with van der Waals surface area (Å²) < 4.78 is 37.1. The summed E-state index contributed by atoms with van der Waals surface area (Å²) >= 11 is 0. The molecule has 1 rings (SSSR count). The number of hydrogen-bond donors (Lipinski definition) is 4. The number of carbonyl (C=O) groups excluding carboxylic acids is 1. The van der Waals surface area contributed by atoms with Crippen molar-refractivity contribution < 1.29 is 27.9 Å². The number of rotatable bonds is 6. The normalized spacial score (nSPS) is 12.5. The second-order valence-corrected chi connectivity index (χ2v) is 4.54. The molecule has 22 heavy (non-hydrogen) atoms. The van der Waals surface area contributed by atoms with Crippen LogP contribution in [0, 0.1) is 0 Å². The molecule has 6 nitrogen and oxygen atoms in total. The number of nitrogens with one attached hydrogen (secondary N) is 2. The number of carbonyl (C=O) groups is 2. The number of carboxylic acids is 1. The van der Waals surface area contributed by atoms with Crippen LogP contribution in [0.3, 0.4) is 0 Å². The number of alkyl halides is 3. The molecule has 0 aliphatic carbocycles. The largest absolute Gasteiger partial charge is 0.480 e. The number of hydrogen-bond acceptors (Lipinski definition) is 3. The third-order valence-corrected chi connectivity index (χ3v) is 2.79. The lowest BCUT2D eigenvalue weighted by atomic mass is 10.1. The van der Waals surface area contributed by atoms with Crippen molar-refractivity contribution in [1.29, 1.82) is 0 Å². The first-order valence-corrected chi connectivity index (χ1v) is 6.36. The highest BCUT2D eigenvalue weighted by molar-refractivity contribution is 5.74. The molecule has 0 spiro atoms. The van der Waals surface area contributed by atoms with Crippen molar-refractivity contribution in [3.05, 3.63) is 35.4 Å². The van der Waals surface area contributed by atoms with Crippen molar-refractivity contribution in [2.75, 3.05) is 6.54 Å². The van der Waals surface area contributed by atoms with Gasteiger partial charge in [-0.2, -0.15) is 13.2 Å². The number of aliphatic carboxylic acids is 1. The Morgan fingerprint density at radius 3 is 2.27 bits per heavy atom. The average molecular weight is 319 g/mol. The maximum absolute atomic E-state index is 12.4. The van der Waals surface area contributed by atoms with E-state index >= 15 is 0 Å². The van der Waals surface area contributed by atoms with Crippen LogP contribution < -0.4 is 16.4 Å². The summed E-state index contributed by atoms with van der Waals surface area (Å²) in [7, 11) is 0. The van der Waals surface area contributed by atoms with Crippen molar-refractivity contribution in [3.8, 4) is 0 Å². The maximum Gasteiger partial charge on any atom is 0.416 e. The van der Waals surface area contributed by atoms with Gasteiger partial charge in [0.1, 0.15) is 6.04 Å². The number of benzene rings is 1. The first-order chi connectivity index (χ1) is 10.2. The van der Waals surface area contributed by atoms with Gasteiger partial charge in [0.2, 0.25) is 0 Å². The minimum atomic E-state index is -4.40. The lowest BCUT2D eigenvalue weighted by Crippen LogP contribution is -2.39. The van der Waals surface area contributed by atoms with Gasteiger partial charge in [0.25, 0.3) is 0 Å². The van der Waals surface area contributed by atoms with Crippen LogP contribution in [0.2, 0.25) is 0 Å². The first kappa shape index (κ1) is 17.8. The van der Waals surface area contributed by atoms with E-state index in [0.717, 1.165) is 12.1 Å². The van der Waals surface area contributed by atoms with Gasteiger partial charge >= 0.3 is 18.2 Å². The molecule has 0 heterocycles. The third-order valence-electron chi connectivity index (χ3n) is 2.79. The predicted molar refractivity (Wildman–Crippen MR) is 71.9 cm³/mol. The molecule has 0 aliphatic heterocycles. The van der Waals surface area contributed by atoms with Gasteiger partial charge in [-0.3, -0.25) is 4.79 Å². The second-order valence-electron chi connectivity index (χ2n) is 4.54. The van der Waals surface area contributed by atoms with Gasteiger partial charge in [0.05, 0.1) is 5.56 Å². The highest BCUT2D eigenvalue weighted by Gasteiger charge is 2.29. The fraction of sp³-hybridized carbons (Fsp3) is 0.385. The standard InChI is InChI=1S/C13H16F3N3O3/c14-13(15,16)9-3-1-8(2-4-9)7-19-12(22)18-6-5-10(17)11(20)21/h1-4,10H,5-7,17H2,(H,20,21)(H2,18,19,22). The van der Waals surface area contributed by atoms with Gasteiger partial charge in [-0.1, -0.05) is 12.1 Å². The number of amides is 2. The molecule has 1 unspecified atom stereocenters. The molecule has 0 saturated carbocycles. The fourth-order valence-corrected chi connectivity index (χ4v) is 1.52. The Balaban J connectivity index is 2.34. The Kier molecular flexibility index (Phi) is 6.17. The van der Waals surface area contributed by atoms with E-state index in [4.69, 9.17) is 10.8 Å². The van der Waals surface area contributed by atoms with Gasteiger partial charge in [0.15, 0.2) is 0 Å². The summed E-state index contributed by atoms with van der Waals surface area (Å²) in [5.41, 5.74) is 5.00. The van der Waals surface area contributed by atoms with Gasteiger partial charge in [-0.25, -0.2) is 4.79 Å². The molecule has 0 saturated heterocycles. The lowest BCUT2D eigenvalue weighted by Gasteiger charge is -2.10. The summed E-state index contributed by atoms with van der Waals surface area (Å²) in [6, 6.07) is 2.78. The van der Waals surface area contributed by atoms with Crippen LogP contribution in [0.25, 0.3) is 0 Å². The minimum Gasteiger partial charge on any atom is -0.480 e. The van der Waals surface area contributed by atoms with Crippen LogP contribution in [0.15, 0.2) is 24.3 Å². The highest BCUT2D eigenvalue weighted by atomic mass is 19.4. The van der Waals surface area contributed by atoms with Crippen molar-refractivity contribution >= 4 is 12.0 Å². The molecule has 122 valence electrons. The van der Waals surface area contributed by atoms with Crippen molar-refractivity contribution in [2.45, 2.75) is 25.2 Å². The third kappa shape index (κ3) is 6.00. The van der Waals surface area contributed by atoms with Crippen molar-refractivity contribution in [1.82, 2.24) is 10.6 Å². The zero-order valence-corrected chi connectivity index (χ0v) is 11.5. The quantitative estimate of drug-likeness (QED) is 0.634. The van der Waals surface area contributed by atoms with E-state index < -0.39 is 29.8 Å². The summed E-state index contributed by atoms with van der Waals surface area (Å²) in [6.45, 7) is 0.126. The summed E-state index contributed by atoms with van der Waals surface area (Å²) in [6.07, 6.45) is -4.32. The molecule has 0 radical (unpaired) electrons. The molecule has 0 fully saturated rings. The van der Waals surface area contributed by atoms with E-state index in [0.29, 0.717) is 5.56 Å². The predicted octanol–water partition coefficient (Wildman–Crippen LogP) is 1.31. The minimum absolute atomic E-state index is 0.0506. The van der Waals surface area contributed by atoms with E-state index in [-0.39, 0.29) is 19.5 Å². The Morgan fingerprint density at radius 2 is 1.77 bits per heavy atom. The van der Waals surface area contributed by atoms with Crippen LogP contribution in [0.1, 0.15) is 17.5 Å². The molecule has 1 atom stereocenters.